The van der Waals surface area contributed by atoms with Crippen molar-refractivity contribution in [1.29, 1.82) is 0 Å². The fraction of sp³-hybridized carbons (Fsp3) is 0.562. The van der Waals surface area contributed by atoms with Gasteiger partial charge in [0, 0.05) is 31.2 Å². The zero-order chi connectivity index (χ0) is 18.8. The average Bonchev–Trinajstić information content (AvgIpc) is 2.56. The van der Waals surface area contributed by atoms with Gasteiger partial charge < -0.3 is 9.80 Å². The summed E-state index contributed by atoms with van der Waals surface area (Å²) in [6, 6.07) is 3.65. The van der Waals surface area contributed by atoms with Gasteiger partial charge in [0.25, 0.3) is 0 Å². The van der Waals surface area contributed by atoms with Gasteiger partial charge in [-0.1, -0.05) is 30.1 Å². The second-order valence-electron chi connectivity index (χ2n) is 6.09. The fourth-order valence-corrected chi connectivity index (χ4v) is 4.58. The van der Waals surface area contributed by atoms with Crippen molar-refractivity contribution in [2.75, 3.05) is 43.3 Å². The minimum atomic E-state index is -3.72. The van der Waals surface area contributed by atoms with Crippen molar-refractivity contribution < 1.29 is 13.2 Å². The van der Waals surface area contributed by atoms with Crippen molar-refractivity contribution in [3.8, 4) is 0 Å². The number of carbonyl (C=O) groups excluding carboxylic acids is 1. The largest absolute Gasteiger partial charge is 0.338 e. The molecule has 1 aromatic rings. The van der Waals surface area contributed by atoms with Crippen molar-refractivity contribution in [3.63, 3.8) is 0 Å². The van der Waals surface area contributed by atoms with E-state index in [-0.39, 0.29) is 16.6 Å². The Morgan fingerprint density at radius 3 is 2.36 bits per heavy atom. The molecule has 140 valence electrons. The summed E-state index contributed by atoms with van der Waals surface area (Å²) in [6.07, 6.45) is 1.06. The summed E-state index contributed by atoms with van der Waals surface area (Å²) in [5, 5.41) is 0.578. The molecule has 9 heteroatoms. The third kappa shape index (κ3) is 4.78. The number of hydrogen-bond donors (Lipinski definition) is 0. The van der Waals surface area contributed by atoms with Crippen LogP contribution in [0.4, 0.5) is 5.69 Å². The number of piperazine rings is 1. The lowest BCUT2D eigenvalue weighted by molar-refractivity contribution is -0.133. The summed E-state index contributed by atoms with van der Waals surface area (Å²) in [7, 11) is -3.72. The molecule has 2 rings (SSSR count). The standard InChI is InChI=1S/C16H23Cl2N3O3S/c1-4-19-7-9-20(10-8-19)16(22)12(2)21(25(3,23)24)15-11-13(17)5-6-14(15)18/h5-6,11-12H,4,7-10H2,1-3H3/t12-/m0/s1. The smallest absolute Gasteiger partial charge is 0.246 e. The monoisotopic (exact) mass is 407 g/mol. The first-order chi connectivity index (χ1) is 11.6. The molecular formula is C16H23Cl2N3O3S. The number of nitrogens with zero attached hydrogens (tertiary/aromatic N) is 3. The maximum absolute atomic E-state index is 12.9. The molecule has 1 aliphatic heterocycles. The van der Waals surface area contributed by atoms with Crippen LogP contribution in [-0.4, -0.2) is 69.1 Å². The van der Waals surface area contributed by atoms with E-state index in [1.807, 2.05) is 0 Å². The van der Waals surface area contributed by atoms with Crippen LogP contribution in [0.5, 0.6) is 0 Å². The number of benzene rings is 1. The van der Waals surface area contributed by atoms with Gasteiger partial charge in [-0.3, -0.25) is 9.10 Å². The topological polar surface area (TPSA) is 60.9 Å². The molecule has 0 saturated carbocycles. The van der Waals surface area contributed by atoms with Crippen molar-refractivity contribution in [2.45, 2.75) is 19.9 Å². The van der Waals surface area contributed by atoms with E-state index in [0.717, 1.165) is 30.2 Å². The van der Waals surface area contributed by atoms with E-state index in [1.54, 1.807) is 17.9 Å². The second kappa shape index (κ2) is 8.12. The van der Waals surface area contributed by atoms with Gasteiger partial charge in [0.2, 0.25) is 15.9 Å². The van der Waals surface area contributed by atoms with Crippen LogP contribution in [0.1, 0.15) is 13.8 Å². The minimum Gasteiger partial charge on any atom is -0.338 e. The first-order valence-electron chi connectivity index (χ1n) is 8.10. The summed E-state index contributed by atoms with van der Waals surface area (Å²) in [4.78, 5) is 16.8. The molecule has 0 unspecified atom stereocenters. The van der Waals surface area contributed by atoms with E-state index in [1.165, 1.54) is 12.1 Å². The van der Waals surface area contributed by atoms with E-state index < -0.39 is 16.1 Å². The molecule has 25 heavy (non-hydrogen) atoms. The van der Waals surface area contributed by atoms with Crippen LogP contribution in [0.15, 0.2) is 18.2 Å². The van der Waals surface area contributed by atoms with E-state index in [4.69, 9.17) is 23.2 Å². The Bertz CT molecular complexity index is 734. The van der Waals surface area contributed by atoms with Crippen LogP contribution in [0, 0.1) is 0 Å². The number of rotatable bonds is 5. The predicted molar refractivity (Wildman–Crippen MR) is 102 cm³/mol. The molecule has 1 aliphatic rings. The SMILES string of the molecule is CCN1CCN(C(=O)[C@H](C)N(c2cc(Cl)ccc2Cl)S(C)(=O)=O)CC1. The zero-order valence-corrected chi connectivity index (χ0v) is 16.9. The highest BCUT2D eigenvalue weighted by Gasteiger charge is 2.34. The lowest BCUT2D eigenvalue weighted by Gasteiger charge is -2.37. The van der Waals surface area contributed by atoms with E-state index in [0.29, 0.717) is 18.1 Å². The maximum Gasteiger partial charge on any atom is 0.246 e. The first kappa shape index (κ1) is 20.3. The van der Waals surface area contributed by atoms with Gasteiger partial charge in [0.1, 0.15) is 6.04 Å². The average molecular weight is 408 g/mol. The summed E-state index contributed by atoms with van der Waals surface area (Å²) in [6.45, 7) is 7.32. The number of likely N-dealkylation sites (N-methyl/N-ethyl adjacent to an activating group) is 1. The summed E-state index contributed by atoms with van der Waals surface area (Å²) < 4.78 is 25.8. The molecule has 1 saturated heterocycles. The molecule has 1 aromatic carbocycles. The number of sulfonamides is 1. The van der Waals surface area contributed by atoms with Crippen molar-refractivity contribution in [3.05, 3.63) is 28.2 Å². The highest BCUT2D eigenvalue weighted by molar-refractivity contribution is 7.92. The molecular weight excluding hydrogens is 385 g/mol. The number of halogens is 2. The van der Waals surface area contributed by atoms with Crippen LogP contribution >= 0.6 is 23.2 Å². The van der Waals surface area contributed by atoms with Crippen LogP contribution in [0.2, 0.25) is 10.0 Å². The lowest BCUT2D eigenvalue weighted by atomic mass is 10.2. The van der Waals surface area contributed by atoms with Crippen molar-refractivity contribution in [2.24, 2.45) is 0 Å². The van der Waals surface area contributed by atoms with Gasteiger partial charge in [-0.05, 0) is 31.7 Å². The highest BCUT2D eigenvalue weighted by atomic mass is 35.5. The molecule has 0 radical (unpaired) electrons. The molecule has 0 aromatic heterocycles. The molecule has 1 atom stereocenters. The number of amides is 1. The van der Waals surface area contributed by atoms with Gasteiger partial charge in [-0.15, -0.1) is 0 Å². The summed E-state index contributed by atoms with van der Waals surface area (Å²) >= 11 is 12.2. The Balaban J connectivity index is 2.29. The molecule has 0 aliphatic carbocycles. The van der Waals surface area contributed by atoms with Gasteiger partial charge >= 0.3 is 0 Å². The zero-order valence-electron chi connectivity index (χ0n) is 14.6. The van der Waals surface area contributed by atoms with Crippen LogP contribution in [0.3, 0.4) is 0 Å². The lowest BCUT2D eigenvalue weighted by Crippen LogP contribution is -2.55. The van der Waals surface area contributed by atoms with Crippen LogP contribution < -0.4 is 4.31 Å². The van der Waals surface area contributed by atoms with Crippen LogP contribution in [-0.2, 0) is 14.8 Å². The Kier molecular flexibility index (Phi) is 6.59. The number of anilines is 1. The number of carbonyl (C=O) groups is 1. The maximum atomic E-state index is 12.9. The fourth-order valence-electron chi connectivity index (χ4n) is 2.98. The predicted octanol–water partition coefficient (Wildman–Crippen LogP) is 2.31. The van der Waals surface area contributed by atoms with E-state index in [9.17, 15) is 13.2 Å². The minimum absolute atomic E-state index is 0.213. The molecule has 6 nitrogen and oxygen atoms in total. The normalized spacial score (nSPS) is 17.4. The van der Waals surface area contributed by atoms with Gasteiger partial charge in [0.15, 0.2) is 0 Å². The molecule has 1 fully saturated rings. The Morgan fingerprint density at radius 2 is 1.84 bits per heavy atom. The van der Waals surface area contributed by atoms with Gasteiger partial charge in [-0.25, -0.2) is 8.42 Å². The van der Waals surface area contributed by atoms with Crippen molar-refractivity contribution in [1.82, 2.24) is 9.80 Å². The van der Waals surface area contributed by atoms with E-state index in [2.05, 4.69) is 11.8 Å². The molecule has 1 heterocycles. The van der Waals surface area contributed by atoms with E-state index >= 15 is 0 Å². The Hall–Kier alpha value is -1.02. The third-order valence-corrected chi connectivity index (χ3v) is 6.13. The molecule has 0 N–H and O–H groups in total. The molecule has 1 amide bonds. The highest BCUT2D eigenvalue weighted by Crippen LogP contribution is 2.32. The second-order valence-corrected chi connectivity index (χ2v) is 8.79. The third-order valence-electron chi connectivity index (χ3n) is 4.34. The first-order valence-corrected chi connectivity index (χ1v) is 10.7. The number of hydrogen-bond acceptors (Lipinski definition) is 4. The Labute approximate surface area is 159 Å². The summed E-state index contributed by atoms with van der Waals surface area (Å²) in [5.74, 6) is -0.239. The molecule has 0 bridgehead atoms. The van der Waals surface area contributed by atoms with Gasteiger partial charge in [0.05, 0.1) is 17.0 Å². The van der Waals surface area contributed by atoms with Crippen molar-refractivity contribution >= 4 is 44.8 Å². The quantitative estimate of drug-likeness (QED) is 0.750. The Morgan fingerprint density at radius 1 is 1.24 bits per heavy atom. The summed E-state index contributed by atoms with van der Waals surface area (Å²) in [5.41, 5.74) is 0.213. The molecule has 0 spiro atoms. The van der Waals surface area contributed by atoms with Gasteiger partial charge in [-0.2, -0.15) is 0 Å². The van der Waals surface area contributed by atoms with Crippen LogP contribution in [0.25, 0.3) is 0 Å².